The highest BCUT2D eigenvalue weighted by Gasteiger charge is 2.54. The molecule has 1 N–H and O–H groups in total. The Balaban J connectivity index is 1.10. The van der Waals surface area contributed by atoms with Crippen molar-refractivity contribution in [3.8, 4) is 34.5 Å². The van der Waals surface area contributed by atoms with Gasteiger partial charge in [-0.25, -0.2) is 0 Å². The predicted octanol–water partition coefficient (Wildman–Crippen LogP) is 6.18. The summed E-state index contributed by atoms with van der Waals surface area (Å²) in [6.07, 6.45) is -0.860. The quantitative estimate of drug-likeness (QED) is 0.177. The lowest BCUT2D eigenvalue weighted by molar-refractivity contribution is -0.153. The van der Waals surface area contributed by atoms with Crippen LogP contribution in [0, 0.1) is 18.8 Å². The largest absolute Gasteiger partial charge is 0.493 e. The number of cyclic esters (lactones) is 1. The molecule has 0 aromatic heterocycles. The normalized spacial score (nSPS) is 19.5. The molecular weight excluding hydrogens is 694 g/mol. The van der Waals surface area contributed by atoms with Crippen molar-refractivity contribution in [3.63, 3.8) is 0 Å². The van der Waals surface area contributed by atoms with Crippen molar-refractivity contribution >= 4 is 35.1 Å². The van der Waals surface area contributed by atoms with Crippen LogP contribution in [0.2, 0.25) is 5.02 Å². The number of esters is 2. The number of halogens is 1. The Labute approximate surface area is 304 Å². The predicted molar refractivity (Wildman–Crippen MR) is 188 cm³/mol. The minimum Gasteiger partial charge on any atom is -0.493 e. The van der Waals surface area contributed by atoms with Crippen molar-refractivity contribution in [1.29, 1.82) is 0 Å². The maximum Gasteiger partial charge on any atom is 0.310 e. The number of hydrogen-bond donors (Lipinski definition) is 1. The Morgan fingerprint density at radius 2 is 1.54 bits per heavy atom. The van der Waals surface area contributed by atoms with E-state index in [-0.39, 0.29) is 32.3 Å². The monoisotopic (exact) mass is 729 g/mol. The van der Waals surface area contributed by atoms with Crippen LogP contribution in [0.25, 0.3) is 0 Å². The third-order valence-corrected chi connectivity index (χ3v) is 9.74. The number of aryl methyl sites for hydroxylation is 1. The van der Waals surface area contributed by atoms with Gasteiger partial charge < -0.3 is 43.2 Å². The second-order valence-corrected chi connectivity index (χ2v) is 13.1. The topological polar surface area (TPSA) is 137 Å². The second kappa shape index (κ2) is 14.5. The van der Waals surface area contributed by atoms with E-state index >= 15 is 0 Å². The van der Waals surface area contributed by atoms with E-state index in [0.29, 0.717) is 56.3 Å². The summed E-state index contributed by atoms with van der Waals surface area (Å²) < 4.78 is 45.7. The summed E-state index contributed by atoms with van der Waals surface area (Å²) in [7, 11) is 4.58. The van der Waals surface area contributed by atoms with Gasteiger partial charge in [0, 0.05) is 28.1 Å². The van der Waals surface area contributed by atoms with Gasteiger partial charge in [-0.05, 0) is 83.8 Å². The van der Waals surface area contributed by atoms with Crippen molar-refractivity contribution in [2.75, 3.05) is 46.7 Å². The first-order valence-corrected chi connectivity index (χ1v) is 16.9. The molecule has 0 saturated carbocycles. The van der Waals surface area contributed by atoms with E-state index in [1.807, 2.05) is 31.2 Å². The van der Waals surface area contributed by atoms with Crippen LogP contribution in [0.4, 0.5) is 5.69 Å². The standard InChI is InChI=1S/C39H36ClNO11/c1-20-11-23(40)7-10-28(20)48-18-33(42)41-24-8-5-21(6-9-24)12-34(43)52-37-26-16-30-29(50-19-51-30)15-25(26)35(36-27(37)17-49-39(36)44)22-13-31(45-2)38(47-4)32(14-22)46-3/h5-11,13-16,27,35-37H,12,17-19H2,1-4H3,(H,41,42)/t27-,35+,36-,37-/m0/s1. The smallest absolute Gasteiger partial charge is 0.310 e. The molecule has 1 fully saturated rings. The number of amides is 1. The summed E-state index contributed by atoms with van der Waals surface area (Å²) in [5.74, 6) is -0.0666. The minimum absolute atomic E-state index is 0.0396. The minimum atomic E-state index is -0.811. The van der Waals surface area contributed by atoms with Gasteiger partial charge in [-0.15, -0.1) is 0 Å². The number of methoxy groups -OCH3 is 3. The zero-order valence-corrected chi connectivity index (χ0v) is 29.6. The highest BCUT2D eigenvalue weighted by Crippen LogP contribution is 2.56. The van der Waals surface area contributed by atoms with Gasteiger partial charge in [0.15, 0.2) is 29.6 Å². The molecule has 4 atom stereocenters. The van der Waals surface area contributed by atoms with Crippen LogP contribution in [0.15, 0.2) is 66.7 Å². The van der Waals surface area contributed by atoms with Gasteiger partial charge in [0.2, 0.25) is 12.5 Å². The van der Waals surface area contributed by atoms with Gasteiger partial charge in [-0.1, -0.05) is 23.7 Å². The van der Waals surface area contributed by atoms with Crippen LogP contribution >= 0.6 is 11.6 Å². The van der Waals surface area contributed by atoms with Crippen LogP contribution in [0.3, 0.4) is 0 Å². The summed E-state index contributed by atoms with van der Waals surface area (Å²) >= 11 is 6.00. The average Bonchev–Trinajstić information content (AvgIpc) is 3.76. The number of hydrogen-bond acceptors (Lipinski definition) is 11. The first-order valence-electron chi connectivity index (χ1n) is 16.5. The van der Waals surface area contributed by atoms with Gasteiger partial charge in [0.1, 0.15) is 11.9 Å². The van der Waals surface area contributed by atoms with E-state index in [1.54, 1.807) is 42.5 Å². The summed E-state index contributed by atoms with van der Waals surface area (Å²) in [5.41, 5.74) is 4.17. The molecule has 0 unspecified atom stereocenters. The van der Waals surface area contributed by atoms with Crippen LogP contribution in [0.1, 0.15) is 39.8 Å². The molecule has 13 heteroatoms. The Hall–Kier alpha value is -5.62. The Bertz CT molecular complexity index is 2010. The lowest BCUT2D eigenvalue weighted by atomic mass is 9.66. The van der Waals surface area contributed by atoms with E-state index in [1.165, 1.54) is 21.3 Å². The molecule has 52 heavy (non-hydrogen) atoms. The molecule has 1 saturated heterocycles. The fourth-order valence-corrected chi connectivity index (χ4v) is 7.34. The molecule has 1 amide bonds. The number of ether oxygens (including phenoxy) is 8. The zero-order valence-electron chi connectivity index (χ0n) is 28.9. The van der Waals surface area contributed by atoms with Crippen molar-refractivity contribution in [2.45, 2.75) is 25.4 Å². The van der Waals surface area contributed by atoms with Crippen molar-refractivity contribution in [2.24, 2.45) is 11.8 Å². The molecule has 4 aromatic rings. The Kier molecular flexibility index (Phi) is 9.74. The van der Waals surface area contributed by atoms with Crippen molar-refractivity contribution < 1.29 is 52.3 Å². The number of fused-ring (bicyclic) bond motifs is 3. The molecule has 7 rings (SSSR count). The second-order valence-electron chi connectivity index (χ2n) is 12.6. The molecule has 0 bridgehead atoms. The van der Waals surface area contributed by atoms with Crippen molar-refractivity contribution in [1.82, 2.24) is 0 Å². The third kappa shape index (κ3) is 6.73. The maximum atomic E-state index is 13.6. The van der Waals surface area contributed by atoms with Gasteiger partial charge in [0.05, 0.1) is 40.3 Å². The van der Waals surface area contributed by atoms with Gasteiger partial charge >= 0.3 is 11.9 Å². The molecule has 2 aliphatic heterocycles. The van der Waals surface area contributed by atoms with Crippen LogP contribution in [-0.4, -0.2) is 59.2 Å². The fraction of sp³-hybridized carbons (Fsp3) is 0.308. The third-order valence-electron chi connectivity index (χ3n) is 9.51. The summed E-state index contributed by atoms with van der Waals surface area (Å²) in [4.78, 5) is 39.6. The van der Waals surface area contributed by atoms with E-state index < -0.39 is 35.8 Å². The SMILES string of the molecule is COc1cc([C@@H]2c3cc4c(cc3[C@H](OC(=O)Cc3ccc(NC(=O)COc5ccc(Cl)cc5C)cc3)[C@H]3COC(=O)[C@H]23)OCO4)cc(OC)c1OC. The molecule has 12 nitrogen and oxygen atoms in total. The molecule has 0 spiro atoms. The number of carbonyl (C=O) groups excluding carboxylic acids is 3. The summed E-state index contributed by atoms with van der Waals surface area (Å²) in [5, 5.41) is 3.38. The zero-order chi connectivity index (χ0) is 36.5. The molecular formula is C39H36ClNO11. The van der Waals surface area contributed by atoms with Gasteiger partial charge in [0.25, 0.3) is 5.91 Å². The van der Waals surface area contributed by atoms with Crippen LogP contribution in [-0.2, 0) is 30.3 Å². The molecule has 270 valence electrons. The molecule has 3 aliphatic rings. The maximum absolute atomic E-state index is 13.6. The van der Waals surface area contributed by atoms with Gasteiger partial charge in [-0.3, -0.25) is 14.4 Å². The molecule has 1 aliphatic carbocycles. The lowest BCUT2D eigenvalue weighted by Gasteiger charge is -2.38. The average molecular weight is 730 g/mol. The first kappa shape index (κ1) is 34.8. The first-order chi connectivity index (χ1) is 25.2. The van der Waals surface area contributed by atoms with E-state index in [0.717, 1.165) is 16.7 Å². The Morgan fingerprint density at radius 3 is 2.19 bits per heavy atom. The summed E-state index contributed by atoms with van der Waals surface area (Å²) in [6, 6.07) is 19.3. The van der Waals surface area contributed by atoms with E-state index in [4.69, 9.17) is 49.5 Å². The van der Waals surface area contributed by atoms with Crippen LogP contribution in [0.5, 0.6) is 34.5 Å². The van der Waals surface area contributed by atoms with Gasteiger partial charge in [-0.2, -0.15) is 0 Å². The lowest BCUT2D eigenvalue weighted by Crippen LogP contribution is -2.36. The Morgan fingerprint density at radius 1 is 0.846 bits per heavy atom. The highest BCUT2D eigenvalue weighted by molar-refractivity contribution is 6.30. The number of benzene rings is 4. The number of carbonyl (C=O) groups is 3. The van der Waals surface area contributed by atoms with E-state index in [9.17, 15) is 14.4 Å². The molecule has 0 radical (unpaired) electrons. The highest BCUT2D eigenvalue weighted by atomic mass is 35.5. The number of anilines is 1. The number of nitrogens with one attached hydrogen (secondary N) is 1. The molecule has 2 heterocycles. The van der Waals surface area contributed by atoms with Crippen LogP contribution < -0.4 is 33.7 Å². The van der Waals surface area contributed by atoms with Crippen molar-refractivity contribution in [3.05, 3.63) is 99.6 Å². The fourth-order valence-electron chi connectivity index (χ4n) is 7.11. The van der Waals surface area contributed by atoms with E-state index in [2.05, 4.69) is 5.32 Å². The number of rotatable bonds is 11. The summed E-state index contributed by atoms with van der Waals surface area (Å²) in [6.45, 7) is 1.76. The molecule has 4 aromatic carbocycles.